The molecule has 5 heteroatoms. The molecule has 134 valence electrons. The van der Waals surface area contributed by atoms with Gasteiger partial charge in [0.2, 0.25) is 0 Å². The predicted octanol–water partition coefficient (Wildman–Crippen LogP) is 5.04. The van der Waals surface area contributed by atoms with E-state index in [4.69, 9.17) is 0 Å². The summed E-state index contributed by atoms with van der Waals surface area (Å²) in [4.78, 5) is 12.4. The monoisotopic (exact) mass is 356 g/mol. The summed E-state index contributed by atoms with van der Waals surface area (Å²) in [6.45, 7) is 2.64. The lowest BCUT2D eigenvalue weighted by atomic mass is 10.1. The zero-order valence-corrected chi connectivity index (χ0v) is 15.0. The van der Waals surface area contributed by atoms with E-state index in [-0.39, 0.29) is 6.03 Å². The first-order chi connectivity index (χ1) is 13.2. The van der Waals surface area contributed by atoms with Crippen molar-refractivity contribution in [2.75, 3.05) is 10.6 Å². The second-order valence-corrected chi connectivity index (χ2v) is 6.42. The number of aromatic nitrogens is 2. The van der Waals surface area contributed by atoms with E-state index < -0.39 is 0 Å². The van der Waals surface area contributed by atoms with Crippen molar-refractivity contribution in [2.24, 2.45) is 0 Å². The normalized spacial score (nSPS) is 10.7. The number of aryl methyl sites for hydroxylation is 1. The van der Waals surface area contributed by atoms with Gasteiger partial charge in [0.05, 0.1) is 12.2 Å². The van der Waals surface area contributed by atoms with Crippen molar-refractivity contribution < 1.29 is 4.79 Å². The number of amides is 2. The van der Waals surface area contributed by atoms with Crippen molar-refractivity contribution in [1.29, 1.82) is 0 Å². The molecule has 0 spiro atoms. The third kappa shape index (κ3) is 3.82. The van der Waals surface area contributed by atoms with Crippen molar-refractivity contribution >= 4 is 28.3 Å². The molecule has 1 aromatic heterocycles. The molecular weight excluding hydrogens is 336 g/mol. The van der Waals surface area contributed by atoms with Crippen LogP contribution in [-0.2, 0) is 6.54 Å². The smallest absolute Gasteiger partial charge is 0.307 e. The molecule has 0 atom stereocenters. The van der Waals surface area contributed by atoms with Crippen LogP contribution in [0.4, 0.5) is 16.3 Å². The molecule has 0 saturated carbocycles. The fourth-order valence-electron chi connectivity index (χ4n) is 3.09. The van der Waals surface area contributed by atoms with E-state index in [1.165, 1.54) is 0 Å². The Hall–Kier alpha value is -3.60. The minimum Gasteiger partial charge on any atom is -0.307 e. The molecule has 2 amide bonds. The first-order valence-corrected chi connectivity index (χ1v) is 8.83. The standard InChI is InChI=1S/C22H20N4O/c1-16-14-21(25-26(16)15-17-8-3-2-4-9-17)24-22(27)23-20-13-7-11-18-10-5-6-12-19(18)20/h2-14H,15H2,1H3,(H2,23,24,25,27). The van der Waals surface area contributed by atoms with E-state index in [0.29, 0.717) is 12.4 Å². The average Bonchev–Trinajstić information content (AvgIpc) is 3.01. The Kier molecular flexibility index (Phi) is 4.58. The molecule has 0 aliphatic rings. The summed E-state index contributed by atoms with van der Waals surface area (Å²) in [6, 6.07) is 25.5. The number of rotatable bonds is 4. The fourth-order valence-corrected chi connectivity index (χ4v) is 3.09. The Labute approximate surface area is 157 Å². The lowest BCUT2D eigenvalue weighted by Crippen LogP contribution is -2.20. The Morgan fingerprint density at radius 1 is 0.926 bits per heavy atom. The molecule has 0 saturated heterocycles. The van der Waals surface area contributed by atoms with E-state index in [0.717, 1.165) is 27.7 Å². The van der Waals surface area contributed by atoms with Crippen LogP contribution in [-0.4, -0.2) is 15.8 Å². The van der Waals surface area contributed by atoms with Crippen LogP contribution in [0.5, 0.6) is 0 Å². The number of nitrogens with one attached hydrogen (secondary N) is 2. The maximum atomic E-state index is 12.4. The molecule has 1 heterocycles. The van der Waals surface area contributed by atoms with Gasteiger partial charge in [0.15, 0.2) is 5.82 Å². The van der Waals surface area contributed by atoms with Gasteiger partial charge in [-0.05, 0) is 23.9 Å². The average molecular weight is 356 g/mol. The van der Waals surface area contributed by atoms with Gasteiger partial charge in [-0.2, -0.15) is 5.10 Å². The maximum Gasteiger partial charge on any atom is 0.324 e. The van der Waals surface area contributed by atoms with Crippen molar-refractivity contribution in [1.82, 2.24) is 9.78 Å². The first kappa shape index (κ1) is 16.8. The molecular formula is C22H20N4O. The zero-order chi connectivity index (χ0) is 18.6. The highest BCUT2D eigenvalue weighted by molar-refractivity contribution is 6.05. The van der Waals surface area contributed by atoms with Crippen molar-refractivity contribution in [3.05, 3.63) is 90.1 Å². The highest BCUT2D eigenvalue weighted by Crippen LogP contribution is 2.23. The van der Waals surface area contributed by atoms with Gasteiger partial charge in [-0.3, -0.25) is 10.00 Å². The summed E-state index contributed by atoms with van der Waals surface area (Å²) in [5.41, 5.74) is 2.92. The summed E-state index contributed by atoms with van der Waals surface area (Å²) < 4.78 is 1.88. The second kappa shape index (κ2) is 7.33. The maximum absolute atomic E-state index is 12.4. The molecule has 3 aromatic carbocycles. The van der Waals surface area contributed by atoms with Gasteiger partial charge in [0.25, 0.3) is 0 Å². The largest absolute Gasteiger partial charge is 0.324 e. The van der Waals surface area contributed by atoms with E-state index in [2.05, 4.69) is 27.9 Å². The Morgan fingerprint density at radius 3 is 2.52 bits per heavy atom. The summed E-state index contributed by atoms with van der Waals surface area (Å²) in [7, 11) is 0. The van der Waals surface area contributed by atoms with Crippen LogP contribution in [0, 0.1) is 6.92 Å². The summed E-state index contributed by atoms with van der Waals surface area (Å²) >= 11 is 0. The number of urea groups is 1. The second-order valence-electron chi connectivity index (χ2n) is 6.42. The number of carbonyl (C=O) groups excluding carboxylic acids is 1. The van der Waals surface area contributed by atoms with E-state index >= 15 is 0 Å². The summed E-state index contributed by atoms with van der Waals surface area (Å²) in [5.74, 6) is 0.529. The van der Waals surface area contributed by atoms with Crippen LogP contribution in [0.1, 0.15) is 11.3 Å². The fraction of sp³-hybridized carbons (Fsp3) is 0.0909. The van der Waals surface area contributed by atoms with Crippen LogP contribution in [0.3, 0.4) is 0 Å². The van der Waals surface area contributed by atoms with Crippen molar-refractivity contribution in [2.45, 2.75) is 13.5 Å². The number of anilines is 2. The highest BCUT2D eigenvalue weighted by atomic mass is 16.2. The number of fused-ring (bicyclic) bond motifs is 1. The summed E-state index contributed by atoms with van der Waals surface area (Å²) in [6.07, 6.45) is 0. The number of carbonyl (C=O) groups is 1. The van der Waals surface area contributed by atoms with Crippen LogP contribution in [0.2, 0.25) is 0 Å². The Morgan fingerprint density at radius 2 is 1.67 bits per heavy atom. The lowest BCUT2D eigenvalue weighted by Gasteiger charge is -2.09. The van der Waals surface area contributed by atoms with Crippen LogP contribution in [0.15, 0.2) is 78.9 Å². The predicted molar refractivity (Wildman–Crippen MR) is 109 cm³/mol. The minimum absolute atomic E-state index is 0.310. The lowest BCUT2D eigenvalue weighted by molar-refractivity contribution is 0.262. The topological polar surface area (TPSA) is 59.0 Å². The quantitative estimate of drug-likeness (QED) is 0.538. The van der Waals surface area contributed by atoms with Crippen LogP contribution >= 0.6 is 0 Å². The Balaban J connectivity index is 1.47. The van der Waals surface area contributed by atoms with Gasteiger partial charge in [0.1, 0.15) is 0 Å². The van der Waals surface area contributed by atoms with Crippen LogP contribution < -0.4 is 10.6 Å². The summed E-state index contributed by atoms with van der Waals surface area (Å²) in [5, 5.41) is 12.3. The van der Waals surface area contributed by atoms with Crippen molar-refractivity contribution in [3.8, 4) is 0 Å². The van der Waals surface area contributed by atoms with Gasteiger partial charge < -0.3 is 5.32 Å². The van der Waals surface area contributed by atoms with Crippen LogP contribution in [0.25, 0.3) is 10.8 Å². The number of hydrogen-bond donors (Lipinski definition) is 2. The minimum atomic E-state index is -0.310. The third-order valence-corrected chi connectivity index (χ3v) is 4.44. The van der Waals surface area contributed by atoms with Gasteiger partial charge in [-0.1, -0.05) is 66.7 Å². The molecule has 0 radical (unpaired) electrons. The van der Waals surface area contributed by atoms with Crippen molar-refractivity contribution in [3.63, 3.8) is 0 Å². The number of hydrogen-bond acceptors (Lipinski definition) is 2. The molecule has 0 bridgehead atoms. The first-order valence-electron chi connectivity index (χ1n) is 8.83. The molecule has 4 rings (SSSR count). The molecule has 5 nitrogen and oxygen atoms in total. The number of benzene rings is 3. The third-order valence-electron chi connectivity index (χ3n) is 4.44. The molecule has 4 aromatic rings. The van der Waals surface area contributed by atoms with Gasteiger partial charge in [-0.25, -0.2) is 4.79 Å². The Bertz CT molecular complexity index is 1080. The molecule has 27 heavy (non-hydrogen) atoms. The molecule has 0 fully saturated rings. The molecule has 2 N–H and O–H groups in total. The zero-order valence-electron chi connectivity index (χ0n) is 15.0. The molecule has 0 aliphatic carbocycles. The molecule has 0 aliphatic heterocycles. The van der Waals surface area contributed by atoms with Gasteiger partial charge in [-0.15, -0.1) is 0 Å². The van der Waals surface area contributed by atoms with Gasteiger partial charge >= 0.3 is 6.03 Å². The van der Waals surface area contributed by atoms with E-state index in [1.54, 1.807) is 0 Å². The molecule has 0 unspecified atom stereocenters. The number of nitrogens with zero attached hydrogens (tertiary/aromatic N) is 2. The highest BCUT2D eigenvalue weighted by Gasteiger charge is 2.10. The van der Waals surface area contributed by atoms with E-state index in [9.17, 15) is 4.79 Å². The van der Waals surface area contributed by atoms with Gasteiger partial charge in [0, 0.05) is 17.1 Å². The SMILES string of the molecule is Cc1cc(NC(=O)Nc2cccc3ccccc23)nn1Cc1ccccc1. The van der Waals surface area contributed by atoms with E-state index in [1.807, 2.05) is 78.3 Å².